The Bertz CT molecular complexity index is 639. The molecule has 2 N–H and O–H groups in total. The molecule has 1 heterocycles. The third-order valence-corrected chi connectivity index (χ3v) is 4.55. The summed E-state index contributed by atoms with van der Waals surface area (Å²) in [6.07, 6.45) is 2.67. The zero-order valence-corrected chi connectivity index (χ0v) is 15.6. The summed E-state index contributed by atoms with van der Waals surface area (Å²) < 4.78 is 1.16. The van der Waals surface area contributed by atoms with Crippen molar-refractivity contribution in [2.75, 3.05) is 13.6 Å². The molecule has 0 aliphatic heterocycles. The Morgan fingerprint density at radius 2 is 2.24 bits per heavy atom. The van der Waals surface area contributed by atoms with Crippen molar-refractivity contribution < 1.29 is 0 Å². The fourth-order valence-electron chi connectivity index (χ4n) is 1.97. The lowest BCUT2D eigenvalue weighted by Gasteiger charge is -2.09. The van der Waals surface area contributed by atoms with E-state index in [1.807, 2.05) is 18.2 Å². The van der Waals surface area contributed by atoms with E-state index in [2.05, 4.69) is 20.6 Å². The van der Waals surface area contributed by atoms with Crippen LogP contribution in [0, 0.1) is 5.92 Å². The van der Waals surface area contributed by atoms with Crippen LogP contribution in [0.1, 0.15) is 17.8 Å². The van der Waals surface area contributed by atoms with Crippen molar-refractivity contribution in [2.24, 2.45) is 10.9 Å². The number of aliphatic imine (C=N–C) groups is 1. The number of fused-ring (bicyclic) bond motifs is 1. The van der Waals surface area contributed by atoms with Gasteiger partial charge in [0.1, 0.15) is 5.01 Å². The summed E-state index contributed by atoms with van der Waals surface area (Å²) in [7, 11) is 1.79. The summed E-state index contributed by atoms with van der Waals surface area (Å²) in [6, 6.07) is 5.81. The van der Waals surface area contributed by atoms with Gasteiger partial charge in [0, 0.05) is 18.6 Å². The molecule has 0 atom stereocenters. The molecule has 3 rings (SSSR count). The highest BCUT2D eigenvalue weighted by atomic mass is 127. The molecule has 0 radical (unpaired) electrons. The Morgan fingerprint density at radius 1 is 1.43 bits per heavy atom. The maximum absolute atomic E-state index is 5.97. The number of guanidine groups is 1. The van der Waals surface area contributed by atoms with Crippen molar-refractivity contribution in [1.82, 2.24) is 15.6 Å². The first-order valence-electron chi connectivity index (χ1n) is 6.74. The molecule has 0 spiro atoms. The van der Waals surface area contributed by atoms with Gasteiger partial charge in [0.2, 0.25) is 0 Å². The van der Waals surface area contributed by atoms with Crippen molar-refractivity contribution in [3.8, 4) is 0 Å². The highest BCUT2D eigenvalue weighted by Crippen LogP contribution is 2.27. The van der Waals surface area contributed by atoms with Gasteiger partial charge in [-0.25, -0.2) is 4.98 Å². The first-order valence-corrected chi connectivity index (χ1v) is 7.93. The van der Waals surface area contributed by atoms with E-state index in [4.69, 9.17) is 11.6 Å². The first-order chi connectivity index (χ1) is 9.74. The number of nitrogens with one attached hydrogen (secondary N) is 2. The quantitative estimate of drug-likeness (QED) is 0.437. The van der Waals surface area contributed by atoms with Gasteiger partial charge in [-0.2, -0.15) is 0 Å². The molecule has 7 heteroatoms. The summed E-state index contributed by atoms with van der Waals surface area (Å²) in [5.74, 6) is 1.67. The number of halogens is 2. The molecule has 1 aliphatic rings. The van der Waals surface area contributed by atoms with E-state index < -0.39 is 0 Å². The van der Waals surface area contributed by atoms with Crippen LogP contribution in [0.2, 0.25) is 5.02 Å². The van der Waals surface area contributed by atoms with Crippen LogP contribution in [-0.2, 0) is 6.54 Å². The maximum atomic E-state index is 5.97. The van der Waals surface area contributed by atoms with Crippen LogP contribution < -0.4 is 10.6 Å². The van der Waals surface area contributed by atoms with E-state index in [1.165, 1.54) is 12.8 Å². The minimum absolute atomic E-state index is 0. The standard InChI is InChI=1S/C14H17ClN4S.HI/c1-16-14(17-7-9-2-3-9)18-8-13-19-11-6-10(15)4-5-12(11)20-13;/h4-6,9H,2-3,7-8H2,1H3,(H2,16,17,18);1H. The number of hydrogen-bond donors (Lipinski definition) is 2. The molecule has 0 saturated heterocycles. The zero-order valence-electron chi connectivity index (χ0n) is 11.7. The fourth-order valence-corrected chi connectivity index (χ4v) is 3.02. The minimum Gasteiger partial charge on any atom is -0.356 e. The van der Waals surface area contributed by atoms with Gasteiger partial charge in [-0.1, -0.05) is 11.6 Å². The third-order valence-electron chi connectivity index (χ3n) is 3.28. The van der Waals surface area contributed by atoms with Crippen LogP contribution >= 0.6 is 46.9 Å². The second-order valence-electron chi connectivity index (χ2n) is 4.97. The molecule has 1 aliphatic carbocycles. The predicted octanol–water partition coefficient (Wildman–Crippen LogP) is 3.64. The molecule has 1 aromatic carbocycles. The molecule has 2 aromatic rings. The van der Waals surface area contributed by atoms with Crippen LogP contribution in [0.25, 0.3) is 10.2 Å². The number of nitrogens with zero attached hydrogens (tertiary/aromatic N) is 2. The predicted molar refractivity (Wildman–Crippen MR) is 101 cm³/mol. The van der Waals surface area contributed by atoms with Crippen molar-refractivity contribution in [2.45, 2.75) is 19.4 Å². The topological polar surface area (TPSA) is 49.3 Å². The van der Waals surface area contributed by atoms with Gasteiger partial charge in [-0.3, -0.25) is 4.99 Å². The number of benzene rings is 1. The molecule has 21 heavy (non-hydrogen) atoms. The molecule has 1 saturated carbocycles. The third kappa shape index (κ3) is 4.69. The van der Waals surface area contributed by atoms with Crippen LogP contribution in [0.5, 0.6) is 0 Å². The van der Waals surface area contributed by atoms with Crippen LogP contribution in [0.4, 0.5) is 0 Å². The van der Waals surface area contributed by atoms with E-state index in [9.17, 15) is 0 Å². The second-order valence-corrected chi connectivity index (χ2v) is 6.52. The number of aromatic nitrogens is 1. The average molecular weight is 437 g/mol. The zero-order chi connectivity index (χ0) is 13.9. The van der Waals surface area contributed by atoms with Gasteiger partial charge in [-0.15, -0.1) is 35.3 Å². The summed E-state index contributed by atoms with van der Waals surface area (Å²) in [4.78, 5) is 8.80. The monoisotopic (exact) mass is 436 g/mol. The lowest BCUT2D eigenvalue weighted by molar-refractivity contribution is 0.737. The molecule has 4 nitrogen and oxygen atoms in total. The van der Waals surface area contributed by atoms with Crippen LogP contribution in [0.3, 0.4) is 0 Å². The normalized spacial score (nSPS) is 14.9. The van der Waals surface area contributed by atoms with Gasteiger partial charge in [0.25, 0.3) is 0 Å². The number of thiazole rings is 1. The molecule has 0 amide bonds. The van der Waals surface area contributed by atoms with E-state index in [-0.39, 0.29) is 24.0 Å². The van der Waals surface area contributed by atoms with Gasteiger partial charge in [0.15, 0.2) is 5.96 Å². The van der Waals surface area contributed by atoms with Crippen molar-refractivity contribution >= 4 is 63.1 Å². The van der Waals surface area contributed by atoms with Gasteiger partial charge in [0.05, 0.1) is 16.8 Å². The molecular weight excluding hydrogens is 419 g/mol. The Kier molecular flexibility index (Phi) is 6.07. The van der Waals surface area contributed by atoms with Gasteiger partial charge < -0.3 is 10.6 Å². The smallest absolute Gasteiger partial charge is 0.191 e. The van der Waals surface area contributed by atoms with E-state index in [1.54, 1.807) is 18.4 Å². The molecule has 0 unspecified atom stereocenters. The van der Waals surface area contributed by atoms with Gasteiger partial charge >= 0.3 is 0 Å². The Morgan fingerprint density at radius 3 is 2.95 bits per heavy atom. The highest BCUT2D eigenvalue weighted by molar-refractivity contribution is 14.0. The fraction of sp³-hybridized carbons (Fsp3) is 0.429. The SMILES string of the molecule is CN=C(NCc1nc2cc(Cl)ccc2s1)NCC1CC1.I. The number of rotatable bonds is 4. The minimum atomic E-state index is 0. The van der Waals surface area contributed by atoms with Crippen molar-refractivity contribution in [3.63, 3.8) is 0 Å². The Balaban J connectivity index is 0.00000161. The highest BCUT2D eigenvalue weighted by Gasteiger charge is 2.21. The lowest BCUT2D eigenvalue weighted by Crippen LogP contribution is -2.37. The second kappa shape index (κ2) is 7.60. The number of hydrogen-bond acceptors (Lipinski definition) is 3. The molecule has 1 fully saturated rings. The molecule has 1 aromatic heterocycles. The summed E-state index contributed by atoms with van der Waals surface area (Å²) in [6.45, 7) is 1.69. The Hall–Kier alpha value is -0.600. The van der Waals surface area contributed by atoms with Crippen LogP contribution in [-0.4, -0.2) is 24.5 Å². The molecule has 114 valence electrons. The van der Waals surface area contributed by atoms with E-state index in [0.29, 0.717) is 6.54 Å². The Labute approximate surface area is 150 Å². The van der Waals surface area contributed by atoms with E-state index >= 15 is 0 Å². The van der Waals surface area contributed by atoms with Crippen molar-refractivity contribution in [1.29, 1.82) is 0 Å². The molecule has 0 bridgehead atoms. The molecular formula is C14H18ClIN4S. The first kappa shape index (κ1) is 16.8. The average Bonchev–Trinajstić information content (AvgIpc) is 3.18. The summed E-state index contributed by atoms with van der Waals surface area (Å²) in [5.41, 5.74) is 0.959. The van der Waals surface area contributed by atoms with Gasteiger partial charge in [-0.05, 0) is 37.0 Å². The van der Waals surface area contributed by atoms with E-state index in [0.717, 1.165) is 38.7 Å². The van der Waals surface area contributed by atoms with Crippen LogP contribution in [0.15, 0.2) is 23.2 Å². The summed E-state index contributed by atoms with van der Waals surface area (Å²) >= 11 is 7.65. The maximum Gasteiger partial charge on any atom is 0.191 e. The van der Waals surface area contributed by atoms with Crippen molar-refractivity contribution in [3.05, 3.63) is 28.2 Å². The largest absolute Gasteiger partial charge is 0.356 e. The lowest BCUT2D eigenvalue weighted by atomic mass is 10.3. The summed E-state index contributed by atoms with van der Waals surface area (Å²) in [5, 5.41) is 8.40.